The Bertz CT molecular complexity index is 1800. The third kappa shape index (κ3) is 7.60. The van der Waals surface area contributed by atoms with Crippen LogP contribution in [0.15, 0.2) is 103 Å². The Morgan fingerprint density at radius 2 is 1.44 bits per heavy atom. The van der Waals surface area contributed by atoms with Crippen LogP contribution in [0.4, 0.5) is 18.9 Å². The molecule has 2 aliphatic rings. The van der Waals surface area contributed by atoms with Crippen molar-refractivity contribution in [3.05, 3.63) is 125 Å². The Balaban J connectivity index is 1.11. The first-order chi connectivity index (χ1) is 24.1. The van der Waals surface area contributed by atoms with Gasteiger partial charge in [0, 0.05) is 11.3 Å². The number of carbonyl (C=O) groups excluding carboxylic acids is 3. The summed E-state index contributed by atoms with van der Waals surface area (Å²) in [5.74, 6) is -0.690. The number of methoxy groups -OCH3 is 1. The number of esters is 1. The van der Waals surface area contributed by atoms with Gasteiger partial charge >= 0.3 is 12.1 Å². The summed E-state index contributed by atoms with van der Waals surface area (Å²) in [4.78, 5) is 42.2. The molecule has 0 bridgehead atoms. The molecule has 0 aromatic heterocycles. The second kappa shape index (κ2) is 14.9. The van der Waals surface area contributed by atoms with E-state index in [1.807, 2.05) is 54.6 Å². The van der Waals surface area contributed by atoms with Gasteiger partial charge in [0.2, 0.25) is 5.91 Å². The summed E-state index contributed by atoms with van der Waals surface area (Å²) in [6, 6.07) is 28.4. The summed E-state index contributed by atoms with van der Waals surface area (Å²) in [7, 11) is 1.36. The van der Waals surface area contributed by atoms with Crippen molar-refractivity contribution in [2.24, 2.45) is 0 Å². The number of ether oxygens (including phenoxy) is 1. The van der Waals surface area contributed by atoms with E-state index in [-0.39, 0.29) is 17.7 Å². The average Bonchev–Trinajstić information content (AvgIpc) is 3.61. The zero-order valence-corrected chi connectivity index (χ0v) is 27.8. The molecule has 1 atom stereocenters. The number of anilines is 1. The predicted octanol–water partition coefficient (Wildman–Crippen LogP) is 8.15. The lowest BCUT2D eigenvalue weighted by molar-refractivity contribution is -0.151. The van der Waals surface area contributed by atoms with Crippen molar-refractivity contribution in [1.29, 1.82) is 0 Å². The maximum absolute atomic E-state index is 13.9. The first-order valence-corrected chi connectivity index (χ1v) is 17.0. The predicted molar refractivity (Wildman–Crippen MR) is 185 cm³/mol. The lowest BCUT2D eigenvalue weighted by Crippen LogP contribution is -2.56. The van der Waals surface area contributed by atoms with Gasteiger partial charge in [0.1, 0.15) is 11.6 Å². The Morgan fingerprint density at radius 1 is 0.820 bits per heavy atom. The van der Waals surface area contributed by atoms with Gasteiger partial charge in [-0.05, 0) is 97.3 Å². The topological polar surface area (TPSA) is 87.7 Å². The smallest absolute Gasteiger partial charge is 0.416 e. The third-order valence-corrected chi connectivity index (χ3v) is 9.99. The van der Waals surface area contributed by atoms with Crippen LogP contribution in [0.25, 0.3) is 11.1 Å². The van der Waals surface area contributed by atoms with E-state index < -0.39 is 29.3 Å². The van der Waals surface area contributed by atoms with Crippen LogP contribution in [0.5, 0.6) is 0 Å². The van der Waals surface area contributed by atoms with Gasteiger partial charge in [-0.3, -0.25) is 14.5 Å². The normalized spacial score (nSPS) is 17.1. The first-order valence-electron chi connectivity index (χ1n) is 17.0. The van der Waals surface area contributed by atoms with Crippen molar-refractivity contribution < 1.29 is 32.3 Å². The molecule has 2 N–H and O–H groups in total. The largest absolute Gasteiger partial charge is 0.467 e. The highest BCUT2D eigenvalue weighted by atomic mass is 19.4. The lowest BCUT2D eigenvalue weighted by atomic mass is 9.87. The van der Waals surface area contributed by atoms with Gasteiger partial charge in [-0.25, -0.2) is 4.79 Å². The van der Waals surface area contributed by atoms with E-state index >= 15 is 0 Å². The van der Waals surface area contributed by atoms with Crippen LogP contribution in [-0.2, 0) is 20.5 Å². The van der Waals surface area contributed by atoms with E-state index in [0.29, 0.717) is 48.3 Å². The Labute approximate surface area is 289 Å². The number of benzene rings is 4. The lowest BCUT2D eigenvalue weighted by Gasteiger charge is -2.39. The fourth-order valence-corrected chi connectivity index (χ4v) is 7.32. The zero-order valence-electron chi connectivity index (χ0n) is 27.8. The Morgan fingerprint density at radius 3 is 2.06 bits per heavy atom. The molecular weight excluding hydrogens is 643 g/mol. The van der Waals surface area contributed by atoms with Crippen molar-refractivity contribution >= 4 is 23.5 Å². The van der Waals surface area contributed by atoms with Crippen molar-refractivity contribution in [2.75, 3.05) is 25.5 Å². The summed E-state index contributed by atoms with van der Waals surface area (Å²) >= 11 is 0. The molecule has 2 fully saturated rings. The van der Waals surface area contributed by atoms with Gasteiger partial charge < -0.3 is 15.4 Å². The van der Waals surface area contributed by atoms with E-state index in [0.717, 1.165) is 48.9 Å². The van der Waals surface area contributed by atoms with Gasteiger partial charge in [0.25, 0.3) is 5.91 Å². The minimum atomic E-state index is -4.44. The maximum atomic E-state index is 13.9. The highest BCUT2D eigenvalue weighted by Gasteiger charge is 2.45. The van der Waals surface area contributed by atoms with Crippen molar-refractivity contribution in [2.45, 2.75) is 62.2 Å². The van der Waals surface area contributed by atoms with Crippen LogP contribution < -0.4 is 10.6 Å². The Hall–Kier alpha value is -4.96. The molecule has 6 rings (SSSR count). The fraction of sp³-hybridized carbons (Fsp3) is 0.325. The monoisotopic (exact) mass is 683 g/mol. The average molecular weight is 684 g/mol. The minimum Gasteiger partial charge on any atom is -0.467 e. The number of nitrogens with zero attached hydrogens (tertiary/aromatic N) is 1. The molecule has 260 valence electrons. The molecule has 10 heteroatoms. The number of amides is 2. The van der Waals surface area contributed by atoms with E-state index in [2.05, 4.69) is 15.5 Å². The van der Waals surface area contributed by atoms with Gasteiger partial charge in [-0.2, -0.15) is 13.2 Å². The highest BCUT2D eigenvalue weighted by Crippen LogP contribution is 2.36. The van der Waals surface area contributed by atoms with Gasteiger partial charge in [0.05, 0.1) is 12.7 Å². The standard InChI is InChI=1S/C40H40F3N3O4/c1-50-38(49)39(23-7-8-24-39)45-37(48)35(30-9-3-2-4-10-30)46-25-21-28(22-26-46)27-15-19-32(20-16-27)44-36(47)34-12-6-5-11-33(34)29-13-17-31(18-14-29)40(41,42)43/h2-6,9-20,28,35H,7-8,21-26H2,1H3,(H,44,47)(H,45,48). The molecule has 4 aromatic carbocycles. The quantitative estimate of drug-likeness (QED) is 0.174. The molecule has 1 aliphatic heterocycles. The molecule has 0 spiro atoms. The molecule has 1 aliphatic carbocycles. The molecule has 1 heterocycles. The molecule has 1 unspecified atom stereocenters. The molecule has 1 saturated heterocycles. The number of piperidine rings is 1. The van der Waals surface area contributed by atoms with Crippen LogP contribution in [0, 0.1) is 0 Å². The highest BCUT2D eigenvalue weighted by molar-refractivity contribution is 6.08. The molecule has 2 amide bonds. The van der Waals surface area contributed by atoms with Crippen LogP contribution in [0.3, 0.4) is 0 Å². The minimum absolute atomic E-state index is 0.193. The first kappa shape index (κ1) is 34.9. The molecule has 7 nitrogen and oxygen atoms in total. The van der Waals surface area contributed by atoms with Crippen molar-refractivity contribution in [3.8, 4) is 11.1 Å². The summed E-state index contributed by atoms with van der Waals surface area (Å²) < 4.78 is 44.3. The second-order valence-corrected chi connectivity index (χ2v) is 13.1. The van der Waals surface area contributed by atoms with Crippen LogP contribution in [0.2, 0.25) is 0 Å². The molecule has 4 aromatic rings. The van der Waals surface area contributed by atoms with E-state index in [1.165, 1.54) is 19.2 Å². The molecule has 0 radical (unpaired) electrons. The van der Waals surface area contributed by atoms with Gasteiger partial charge in [-0.1, -0.05) is 85.6 Å². The number of halogens is 3. The van der Waals surface area contributed by atoms with Gasteiger partial charge in [-0.15, -0.1) is 0 Å². The maximum Gasteiger partial charge on any atom is 0.416 e. The third-order valence-electron chi connectivity index (χ3n) is 9.99. The SMILES string of the molecule is COC(=O)C1(NC(=O)C(c2ccccc2)N2CCC(c3ccc(NC(=O)c4ccccc4-c4ccc(C(F)(F)F)cc4)cc3)CC2)CCCC1. The van der Waals surface area contributed by atoms with Crippen LogP contribution in [-0.4, -0.2) is 48.4 Å². The number of nitrogens with one attached hydrogen (secondary N) is 2. The second-order valence-electron chi connectivity index (χ2n) is 13.1. The summed E-state index contributed by atoms with van der Waals surface area (Å²) in [6.45, 7) is 1.37. The van der Waals surface area contributed by atoms with E-state index in [9.17, 15) is 27.6 Å². The number of likely N-dealkylation sites (tertiary alicyclic amines) is 1. The summed E-state index contributed by atoms with van der Waals surface area (Å²) in [6.07, 6.45) is 0.0553. The Kier molecular flexibility index (Phi) is 10.4. The number of hydrogen-bond acceptors (Lipinski definition) is 5. The number of alkyl halides is 3. The number of carbonyl (C=O) groups is 3. The van der Waals surface area contributed by atoms with Crippen molar-refractivity contribution in [3.63, 3.8) is 0 Å². The van der Waals surface area contributed by atoms with Crippen molar-refractivity contribution in [1.82, 2.24) is 10.2 Å². The van der Waals surface area contributed by atoms with Crippen LogP contribution in [0.1, 0.15) is 77.5 Å². The van der Waals surface area contributed by atoms with Crippen LogP contribution >= 0.6 is 0 Å². The molecular formula is C40H40F3N3O4. The molecule has 1 saturated carbocycles. The van der Waals surface area contributed by atoms with Gasteiger partial charge in [0.15, 0.2) is 0 Å². The van der Waals surface area contributed by atoms with E-state index in [1.54, 1.807) is 24.3 Å². The zero-order chi connectivity index (χ0) is 35.3. The van der Waals surface area contributed by atoms with E-state index in [4.69, 9.17) is 4.74 Å². The molecule has 50 heavy (non-hydrogen) atoms. The summed E-state index contributed by atoms with van der Waals surface area (Å²) in [5.41, 5.74) is 2.27. The number of rotatable bonds is 9. The summed E-state index contributed by atoms with van der Waals surface area (Å²) in [5, 5.41) is 6.03. The fourth-order valence-electron chi connectivity index (χ4n) is 7.32. The number of hydrogen-bond donors (Lipinski definition) is 2.